The fourth-order valence-corrected chi connectivity index (χ4v) is 1.48. The van der Waals surface area contributed by atoms with Gasteiger partial charge >= 0.3 is 6.18 Å². The molecule has 3 N–H and O–H groups in total. The summed E-state index contributed by atoms with van der Waals surface area (Å²) in [4.78, 5) is 0. The summed E-state index contributed by atoms with van der Waals surface area (Å²) in [5, 5.41) is 9.34. The van der Waals surface area contributed by atoms with Crippen molar-refractivity contribution in [3.8, 4) is 0 Å². The number of halogens is 3. The van der Waals surface area contributed by atoms with Crippen molar-refractivity contribution in [3.63, 3.8) is 0 Å². The molecule has 0 aliphatic heterocycles. The molecular weight excluding hydrogens is 183 g/mol. The molecule has 1 unspecified atom stereocenters. The molecule has 1 aliphatic carbocycles. The molecule has 0 bridgehead atoms. The van der Waals surface area contributed by atoms with Crippen molar-refractivity contribution in [1.82, 2.24) is 0 Å². The van der Waals surface area contributed by atoms with Gasteiger partial charge in [-0.2, -0.15) is 13.2 Å². The molecule has 13 heavy (non-hydrogen) atoms. The van der Waals surface area contributed by atoms with Crippen LogP contribution in [-0.4, -0.2) is 23.4 Å². The first kappa shape index (κ1) is 10.5. The summed E-state index contributed by atoms with van der Waals surface area (Å²) >= 11 is 0. The van der Waals surface area contributed by atoms with Gasteiger partial charge in [-0.25, -0.2) is 0 Å². The lowest BCUT2D eigenvalue weighted by atomic mass is 9.92. The third-order valence-corrected chi connectivity index (χ3v) is 2.34. The SMILES string of the molecule is NCC(O)(C1=CCCC1)C(F)(F)F. The van der Waals surface area contributed by atoms with E-state index in [9.17, 15) is 18.3 Å². The van der Waals surface area contributed by atoms with Gasteiger partial charge in [0.2, 0.25) is 0 Å². The highest BCUT2D eigenvalue weighted by Crippen LogP contribution is 2.39. The second-order valence-corrected chi connectivity index (χ2v) is 3.18. The second-order valence-electron chi connectivity index (χ2n) is 3.18. The van der Waals surface area contributed by atoms with Crippen molar-refractivity contribution in [2.24, 2.45) is 5.73 Å². The smallest absolute Gasteiger partial charge is 0.376 e. The minimum Gasteiger partial charge on any atom is -0.376 e. The Morgan fingerprint density at radius 3 is 2.38 bits per heavy atom. The van der Waals surface area contributed by atoms with Gasteiger partial charge in [-0.05, 0) is 24.8 Å². The summed E-state index contributed by atoms with van der Waals surface area (Å²) in [5.74, 6) is 0. The number of hydrogen-bond donors (Lipinski definition) is 2. The zero-order chi connectivity index (χ0) is 10.1. The maximum Gasteiger partial charge on any atom is 0.422 e. The van der Waals surface area contributed by atoms with Gasteiger partial charge in [-0.1, -0.05) is 6.08 Å². The number of alkyl halides is 3. The van der Waals surface area contributed by atoms with Crippen molar-refractivity contribution in [2.75, 3.05) is 6.54 Å². The lowest BCUT2D eigenvalue weighted by Gasteiger charge is -2.30. The molecule has 0 fully saturated rings. The summed E-state index contributed by atoms with van der Waals surface area (Å²) in [6.07, 6.45) is -1.70. The van der Waals surface area contributed by atoms with E-state index in [2.05, 4.69) is 0 Å². The predicted molar refractivity (Wildman–Crippen MR) is 42.0 cm³/mol. The van der Waals surface area contributed by atoms with E-state index in [1.807, 2.05) is 0 Å². The quantitative estimate of drug-likeness (QED) is 0.653. The van der Waals surface area contributed by atoms with Crippen LogP contribution in [0, 0.1) is 0 Å². The van der Waals surface area contributed by atoms with Crippen LogP contribution in [0.5, 0.6) is 0 Å². The van der Waals surface area contributed by atoms with Crippen LogP contribution < -0.4 is 5.73 Å². The number of rotatable bonds is 2. The van der Waals surface area contributed by atoms with Gasteiger partial charge in [-0.15, -0.1) is 0 Å². The Morgan fingerprint density at radius 2 is 2.08 bits per heavy atom. The van der Waals surface area contributed by atoms with Crippen LogP contribution in [-0.2, 0) is 0 Å². The van der Waals surface area contributed by atoms with E-state index in [0.29, 0.717) is 12.8 Å². The minimum absolute atomic E-state index is 0.0162. The van der Waals surface area contributed by atoms with Crippen LogP contribution in [0.3, 0.4) is 0 Å². The average molecular weight is 195 g/mol. The highest BCUT2D eigenvalue weighted by Gasteiger charge is 2.55. The zero-order valence-electron chi connectivity index (χ0n) is 7.06. The van der Waals surface area contributed by atoms with Gasteiger partial charge in [0.25, 0.3) is 0 Å². The van der Waals surface area contributed by atoms with Crippen molar-refractivity contribution in [2.45, 2.75) is 31.0 Å². The Balaban J connectivity index is 2.92. The fourth-order valence-electron chi connectivity index (χ4n) is 1.48. The highest BCUT2D eigenvalue weighted by molar-refractivity contribution is 5.23. The molecule has 0 heterocycles. The number of hydrogen-bond acceptors (Lipinski definition) is 2. The van der Waals surface area contributed by atoms with E-state index < -0.39 is 18.3 Å². The Bertz CT molecular complexity index is 224. The topological polar surface area (TPSA) is 46.2 Å². The van der Waals surface area contributed by atoms with Crippen molar-refractivity contribution < 1.29 is 18.3 Å². The van der Waals surface area contributed by atoms with Gasteiger partial charge in [0.1, 0.15) is 0 Å². The maximum absolute atomic E-state index is 12.4. The third-order valence-electron chi connectivity index (χ3n) is 2.34. The van der Waals surface area contributed by atoms with Crippen LogP contribution >= 0.6 is 0 Å². The number of allylic oxidation sites excluding steroid dienone is 1. The lowest BCUT2D eigenvalue weighted by molar-refractivity contribution is -0.240. The Kier molecular flexibility index (Phi) is 2.68. The number of nitrogens with two attached hydrogens (primary N) is 1. The molecule has 0 amide bonds. The molecule has 0 saturated carbocycles. The molecule has 5 heteroatoms. The van der Waals surface area contributed by atoms with E-state index in [4.69, 9.17) is 5.73 Å². The Hall–Kier alpha value is -0.550. The molecule has 1 atom stereocenters. The standard InChI is InChI=1S/C8H12F3NO/c9-8(10,11)7(13,5-12)6-3-1-2-4-6/h3,13H,1-2,4-5,12H2. The zero-order valence-corrected chi connectivity index (χ0v) is 7.06. The fraction of sp³-hybridized carbons (Fsp3) is 0.750. The summed E-state index contributed by atoms with van der Waals surface area (Å²) in [5.41, 5.74) is 2.18. The Labute approximate surface area is 74.2 Å². The molecule has 0 aromatic rings. The first-order valence-electron chi connectivity index (χ1n) is 4.10. The largest absolute Gasteiger partial charge is 0.422 e. The van der Waals surface area contributed by atoms with E-state index in [1.165, 1.54) is 6.08 Å². The molecule has 2 nitrogen and oxygen atoms in total. The van der Waals surface area contributed by atoms with Crippen molar-refractivity contribution in [3.05, 3.63) is 11.6 Å². The van der Waals surface area contributed by atoms with E-state index in [1.54, 1.807) is 0 Å². The van der Waals surface area contributed by atoms with Gasteiger partial charge in [-0.3, -0.25) is 0 Å². The molecule has 0 aromatic heterocycles. The van der Waals surface area contributed by atoms with Crippen LogP contribution in [0.4, 0.5) is 13.2 Å². The molecule has 1 rings (SSSR count). The molecule has 0 saturated heterocycles. The van der Waals surface area contributed by atoms with Gasteiger partial charge in [0.05, 0.1) is 0 Å². The van der Waals surface area contributed by atoms with Crippen LogP contribution in [0.1, 0.15) is 19.3 Å². The molecule has 76 valence electrons. The first-order chi connectivity index (χ1) is 5.92. The average Bonchev–Trinajstić information content (AvgIpc) is 2.52. The van der Waals surface area contributed by atoms with Gasteiger partial charge in [0, 0.05) is 6.54 Å². The number of aliphatic hydroxyl groups is 1. The summed E-state index contributed by atoms with van der Waals surface area (Å²) in [6.45, 7) is -0.803. The van der Waals surface area contributed by atoms with E-state index in [-0.39, 0.29) is 12.0 Å². The van der Waals surface area contributed by atoms with E-state index in [0.717, 1.165) is 0 Å². The Morgan fingerprint density at radius 1 is 1.46 bits per heavy atom. The van der Waals surface area contributed by atoms with Gasteiger partial charge < -0.3 is 10.8 Å². The van der Waals surface area contributed by atoms with Crippen molar-refractivity contribution >= 4 is 0 Å². The van der Waals surface area contributed by atoms with Crippen molar-refractivity contribution in [1.29, 1.82) is 0 Å². The molecule has 0 spiro atoms. The molecule has 0 aromatic carbocycles. The predicted octanol–water partition coefficient (Wildman–Crippen LogP) is 1.35. The summed E-state index contributed by atoms with van der Waals surface area (Å²) in [7, 11) is 0. The summed E-state index contributed by atoms with van der Waals surface area (Å²) in [6, 6.07) is 0. The van der Waals surface area contributed by atoms with E-state index >= 15 is 0 Å². The third kappa shape index (κ3) is 1.71. The monoisotopic (exact) mass is 195 g/mol. The van der Waals surface area contributed by atoms with Gasteiger partial charge in [0.15, 0.2) is 5.60 Å². The first-order valence-corrected chi connectivity index (χ1v) is 4.10. The highest BCUT2D eigenvalue weighted by atomic mass is 19.4. The molecular formula is C8H12F3NO. The minimum atomic E-state index is -4.67. The van der Waals surface area contributed by atoms with Crippen LogP contribution in [0.2, 0.25) is 0 Å². The molecule has 0 radical (unpaired) electrons. The maximum atomic E-state index is 12.4. The molecule has 1 aliphatic rings. The second kappa shape index (κ2) is 3.31. The summed E-state index contributed by atoms with van der Waals surface area (Å²) < 4.78 is 37.2. The van der Waals surface area contributed by atoms with Crippen LogP contribution in [0.15, 0.2) is 11.6 Å². The van der Waals surface area contributed by atoms with Crippen LogP contribution in [0.25, 0.3) is 0 Å². The normalized spacial score (nSPS) is 22.7. The lowest BCUT2D eigenvalue weighted by Crippen LogP contribution is -2.52.